The first-order chi connectivity index (χ1) is 20.6. The first kappa shape index (κ1) is 33.0. The molecule has 4 N–H and O–H groups in total. The summed E-state index contributed by atoms with van der Waals surface area (Å²) in [4.78, 5) is 47.1. The third-order valence-corrected chi connectivity index (χ3v) is 9.77. The minimum Gasteiger partial charge on any atom is -0.508 e. The molecule has 9 nitrogen and oxygen atoms in total. The molecule has 10 heteroatoms. The van der Waals surface area contributed by atoms with Crippen molar-refractivity contribution in [2.24, 2.45) is 0 Å². The number of phenolic OH excluding ortho intramolecular Hbond substituents is 1. The molecule has 234 valence electrons. The molecule has 5 rings (SSSR count). The fourth-order valence-corrected chi connectivity index (χ4v) is 7.13. The summed E-state index contributed by atoms with van der Waals surface area (Å²) in [6.07, 6.45) is 2.87. The normalized spacial score (nSPS) is 20.0. The van der Waals surface area contributed by atoms with Crippen LogP contribution in [0.3, 0.4) is 0 Å². The van der Waals surface area contributed by atoms with Gasteiger partial charge in [0.25, 0.3) is 11.8 Å². The summed E-state index contributed by atoms with van der Waals surface area (Å²) in [7, 11) is 0. The number of rotatable bonds is 8. The zero-order valence-corrected chi connectivity index (χ0v) is 25.4. The molecule has 3 amide bonds. The van der Waals surface area contributed by atoms with Crippen LogP contribution in [-0.4, -0.2) is 66.6 Å². The minimum absolute atomic E-state index is 0. The lowest BCUT2D eigenvalue weighted by Gasteiger charge is -2.35. The summed E-state index contributed by atoms with van der Waals surface area (Å²) in [5, 5.41) is 27.7. The highest BCUT2D eigenvalue weighted by Crippen LogP contribution is 2.40. The standard InChI is InChI=1S/C33H38N4O5S.CH4/c1-20-22(12-7-16-27(20)38)30(40)36-26(18-21-10-5-4-6-11-21)28(39)32(42)37-19-43-33(2,3)29(37)31(41)35-25-15-8-14-24-23(25)13-9-17-34-24;/h4-7,9-13,16-17,25-26,28-29,38-39H,8,14-15,18-19H2,1-3H3,(H,35,41)(H,36,40);1H4/t25-,26-,28-,29+;/m0./s1. The van der Waals surface area contributed by atoms with Gasteiger partial charge in [-0.05, 0) is 75.8 Å². The van der Waals surface area contributed by atoms with Gasteiger partial charge in [-0.2, -0.15) is 0 Å². The van der Waals surface area contributed by atoms with Crippen molar-refractivity contribution in [2.45, 2.75) is 82.9 Å². The fourth-order valence-electron chi connectivity index (χ4n) is 5.99. The van der Waals surface area contributed by atoms with Crippen LogP contribution in [-0.2, 0) is 22.4 Å². The smallest absolute Gasteiger partial charge is 0.254 e. The molecule has 2 heterocycles. The molecule has 0 saturated carbocycles. The Kier molecular flexibility index (Phi) is 10.4. The zero-order valence-electron chi connectivity index (χ0n) is 24.6. The Morgan fingerprint density at radius 2 is 1.84 bits per heavy atom. The van der Waals surface area contributed by atoms with Gasteiger partial charge in [-0.1, -0.05) is 49.9 Å². The molecule has 0 radical (unpaired) electrons. The van der Waals surface area contributed by atoms with Gasteiger partial charge in [0.1, 0.15) is 11.8 Å². The molecule has 44 heavy (non-hydrogen) atoms. The second-order valence-electron chi connectivity index (χ2n) is 11.7. The van der Waals surface area contributed by atoms with Crippen molar-refractivity contribution < 1.29 is 24.6 Å². The van der Waals surface area contributed by atoms with Crippen LogP contribution in [0.5, 0.6) is 5.75 Å². The predicted molar refractivity (Wildman–Crippen MR) is 172 cm³/mol. The van der Waals surface area contributed by atoms with Gasteiger partial charge in [0.2, 0.25) is 5.91 Å². The molecular formula is C34H42N4O5S. The molecule has 2 aliphatic rings. The highest BCUT2D eigenvalue weighted by atomic mass is 32.2. The molecule has 3 aromatic rings. The van der Waals surface area contributed by atoms with Crippen LogP contribution < -0.4 is 10.6 Å². The van der Waals surface area contributed by atoms with E-state index in [-0.39, 0.29) is 43.0 Å². The van der Waals surface area contributed by atoms with Crippen LogP contribution in [0, 0.1) is 6.92 Å². The summed E-state index contributed by atoms with van der Waals surface area (Å²) in [6, 6.07) is 15.7. The van der Waals surface area contributed by atoms with Crippen LogP contribution >= 0.6 is 11.8 Å². The SMILES string of the molecule is C.Cc1c(O)cccc1C(=O)N[C@@H](Cc1ccccc1)[C@H](O)C(=O)N1CSC(C)(C)[C@H]1C(=O)N[C@H]1CCCc2ncccc21. The van der Waals surface area contributed by atoms with E-state index >= 15 is 0 Å². The molecule has 1 aliphatic carbocycles. The number of benzene rings is 2. The first-order valence-corrected chi connectivity index (χ1v) is 15.6. The van der Waals surface area contributed by atoms with Gasteiger partial charge < -0.3 is 25.7 Å². The van der Waals surface area contributed by atoms with Gasteiger partial charge >= 0.3 is 0 Å². The van der Waals surface area contributed by atoms with Crippen molar-refractivity contribution in [1.82, 2.24) is 20.5 Å². The number of aromatic hydroxyl groups is 1. The molecule has 1 aromatic heterocycles. The molecule has 2 aromatic carbocycles. The molecule has 1 saturated heterocycles. The summed E-state index contributed by atoms with van der Waals surface area (Å²) in [5.74, 6) is -1.22. The van der Waals surface area contributed by atoms with E-state index in [2.05, 4.69) is 15.6 Å². The van der Waals surface area contributed by atoms with E-state index in [4.69, 9.17) is 0 Å². The highest BCUT2D eigenvalue weighted by molar-refractivity contribution is 8.00. The predicted octanol–water partition coefficient (Wildman–Crippen LogP) is 4.31. The Labute approximate surface area is 263 Å². The number of aromatic nitrogens is 1. The molecule has 0 spiro atoms. The number of nitrogens with one attached hydrogen (secondary N) is 2. The number of aryl methyl sites for hydroxylation is 1. The average Bonchev–Trinajstić information content (AvgIpc) is 3.32. The maximum Gasteiger partial charge on any atom is 0.254 e. The van der Waals surface area contributed by atoms with Crippen molar-refractivity contribution in [1.29, 1.82) is 0 Å². The monoisotopic (exact) mass is 618 g/mol. The van der Waals surface area contributed by atoms with E-state index in [0.717, 1.165) is 36.1 Å². The molecule has 1 aliphatic heterocycles. The second kappa shape index (κ2) is 13.8. The number of hydrogen-bond donors (Lipinski definition) is 4. The van der Waals surface area contributed by atoms with Gasteiger partial charge in [0, 0.05) is 27.8 Å². The third-order valence-electron chi connectivity index (χ3n) is 8.40. The van der Waals surface area contributed by atoms with Crippen LogP contribution in [0.1, 0.15) is 72.9 Å². The van der Waals surface area contributed by atoms with Crippen LogP contribution in [0.2, 0.25) is 0 Å². The van der Waals surface area contributed by atoms with Gasteiger partial charge in [-0.25, -0.2) is 0 Å². The number of carbonyl (C=O) groups excluding carboxylic acids is 3. The zero-order chi connectivity index (χ0) is 30.7. The fraction of sp³-hybridized carbons (Fsp3) is 0.412. The van der Waals surface area contributed by atoms with E-state index in [1.165, 1.54) is 22.7 Å². The van der Waals surface area contributed by atoms with Crippen molar-refractivity contribution in [2.75, 3.05) is 5.88 Å². The number of fused-ring (bicyclic) bond motifs is 1. The minimum atomic E-state index is -1.62. The van der Waals surface area contributed by atoms with Gasteiger partial charge in [-0.15, -0.1) is 11.8 Å². The van der Waals surface area contributed by atoms with Gasteiger partial charge in [0.15, 0.2) is 6.10 Å². The third kappa shape index (κ3) is 6.92. The van der Waals surface area contributed by atoms with Crippen molar-refractivity contribution >= 4 is 29.5 Å². The van der Waals surface area contributed by atoms with Gasteiger partial charge in [-0.3, -0.25) is 19.4 Å². The van der Waals surface area contributed by atoms with E-state index < -0.39 is 34.7 Å². The Morgan fingerprint density at radius 1 is 1.09 bits per heavy atom. The van der Waals surface area contributed by atoms with E-state index in [1.54, 1.807) is 25.3 Å². The molecule has 4 atom stereocenters. The lowest BCUT2D eigenvalue weighted by atomic mass is 9.90. The van der Waals surface area contributed by atoms with Crippen LogP contribution in [0.4, 0.5) is 0 Å². The number of carbonyl (C=O) groups is 3. The number of thioether (sulfide) groups is 1. The van der Waals surface area contributed by atoms with Crippen molar-refractivity contribution in [3.8, 4) is 5.75 Å². The maximum atomic E-state index is 14.0. The van der Waals surface area contributed by atoms with Crippen LogP contribution in [0.25, 0.3) is 0 Å². The topological polar surface area (TPSA) is 132 Å². The highest BCUT2D eigenvalue weighted by Gasteiger charge is 2.50. The Morgan fingerprint density at radius 3 is 2.59 bits per heavy atom. The summed E-state index contributed by atoms with van der Waals surface area (Å²) < 4.78 is -0.608. The number of phenols is 1. The van der Waals surface area contributed by atoms with E-state index in [0.29, 0.717) is 5.56 Å². The average molecular weight is 619 g/mol. The number of pyridine rings is 1. The number of nitrogens with zero attached hydrogens (tertiary/aromatic N) is 2. The van der Waals surface area contributed by atoms with Gasteiger partial charge in [0.05, 0.1) is 18.0 Å². The first-order valence-electron chi connectivity index (χ1n) is 14.6. The quantitative estimate of drug-likeness (QED) is 0.296. The van der Waals surface area contributed by atoms with E-state index in [9.17, 15) is 24.6 Å². The van der Waals surface area contributed by atoms with E-state index in [1.807, 2.05) is 56.3 Å². The largest absolute Gasteiger partial charge is 0.508 e. The summed E-state index contributed by atoms with van der Waals surface area (Å²) in [5.41, 5.74) is 3.44. The summed E-state index contributed by atoms with van der Waals surface area (Å²) in [6.45, 7) is 5.48. The van der Waals surface area contributed by atoms with Crippen molar-refractivity contribution in [3.63, 3.8) is 0 Å². The number of aliphatic hydroxyl groups excluding tert-OH is 1. The lowest BCUT2D eigenvalue weighted by Crippen LogP contribution is -2.59. The molecular weight excluding hydrogens is 576 g/mol. The molecule has 0 bridgehead atoms. The number of amides is 3. The Bertz CT molecular complexity index is 1500. The Balaban J connectivity index is 0.00000442. The number of hydrogen-bond acceptors (Lipinski definition) is 7. The maximum absolute atomic E-state index is 14.0. The second-order valence-corrected chi connectivity index (χ2v) is 13.3. The number of aliphatic hydroxyl groups is 1. The summed E-state index contributed by atoms with van der Waals surface area (Å²) >= 11 is 1.47. The van der Waals surface area contributed by atoms with Crippen molar-refractivity contribution in [3.05, 3.63) is 94.8 Å². The lowest BCUT2D eigenvalue weighted by molar-refractivity contribution is -0.147. The molecule has 0 unspecified atom stereocenters. The molecule has 1 fully saturated rings. The van der Waals surface area contributed by atoms with Crippen LogP contribution in [0.15, 0.2) is 66.9 Å². The Hall–Kier alpha value is -3.89.